The van der Waals surface area contributed by atoms with Crippen molar-refractivity contribution in [1.82, 2.24) is 4.98 Å². The number of oxazole rings is 1. The van der Waals surface area contributed by atoms with E-state index in [4.69, 9.17) is 9.68 Å². The van der Waals surface area contributed by atoms with Crippen LogP contribution in [0.1, 0.15) is 11.5 Å². The molecule has 0 amide bonds. The molecule has 0 saturated heterocycles. The first-order valence-electron chi connectivity index (χ1n) is 6.38. The summed E-state index contributed by atoms with van der Waals surface area (Å²) >= 11 is 0. The number of sulfonamides is 1. The van der Waals surface area contributed by atoms with Crippen LogP contribution in [0.5, 0.6) is 0 Å². The van der Waals surface area contributed by atoms with Gasteiger partial charge in [-0.25, -0.2) is 13.4 Å². The van der Waals surface area contributed by atoms with Crippen LogP contribution < -0.4 is 4.72 Å². The third-order valence-electron chi connectivity index (χ3n) is 3.04. The van der Waals surface area contributed by atoms with Gasteiger partial charge >= 0.3 is 0 Å². The topological polar surface area (TPSA) is 96.0 Å². The van der Waals surface area contributed by atoms with Crippen LogP contribution in [-0.2, 0) is 10.0 Å². The highest BCUT2D eigenvalue weighted by Crippen LogP contribution is 2.22. The smallest absolute Gasteiger partial charge is 0.261 e. The van der Waals surface area contributed by atoms with Crippen molar-refractivity contribution in [3.05, 3.63) is 53.9 Å². The van der Waals surface area contributed by atoms with Crippen molar-refractivity contribution in [2.75, 3.05) is 4.72 Å². The summed E-state index contributed by atoms with van der Waals surface area (Å²) in [6.45, 7) is 1.72. The van der Waals surface area contributed by atoms with Crippen LogP contribution >= 0.6 is 0 Å². The molecule has 0 aliphatic carbocycles. The van der Waals surface area contributed by atoms with E-state index in [1.54, 1.807) is 25.1 Å². The van der Waals surface area contributed by atoms with Crippen molar-refractivity contribution in [3.8, 4) is 6.07 Å². The number of aryl methyl sites for hydroxylation is 1. The molecule has 1 N–H and O–H groups in total. The Morgan fingerprint density at radius 3 is 2.59 bits per heavy atom. The molecule has 0 aliphatic heterocycles. The van der Waals surface area contributed by atoms with Gasteiger partial charge < -0.3 is 4.42 Å². The zero-order valence-electron chi connectivity index (χ0n) is 11.6. The largest absolute Gasteiger partial charge is 0.441 e. The minimum Gasteiger partial charge on any atom is -0.441 e. The Morgan fingerprint density at radius 1 is 1.18 bits per heavy atom. The van der Waals surface area contributed by atoms with Crippen molar-refractivity contribution >= 4 is 26.8 Å². The van der Waals surface area contributed by atoms with Crippen LogP contribution in [-0.4, -0.2) is 13.4 Å². The van der Waals surface area contributed by atoms with Gasteiger partial charge in [-0.1, -0.05) is 0 Å². The number of anilines is 1. The molecule has 0 spiro atoms. The van der Waals surface area contributed by atoms with Gasteiger partial charge in [0.25, 0.3) is 10.0 Å². The molecule has 3 rings (SSSR count). The van der Waals surface area contributed by atoms with E-state index in [-0.39, 0.29) is 4.90 Å². The molecular weight excluding hydrogens is 302 g/mol. The summed E-state index contributed by atoms with van der Waals surface area (Å²) in [5.74, 6) is 0.516. The summed E-state index contributed by atoms with van der Waals surface area (Å²) in [7, 11) is -3.72. The summed E-state index contributed by atoms with van der Waals surface area (Å²) < 4.78 is 32.4. The molecule has 0 aliphatic rings. The van der Waals surface area contributed by atoms with Gasteiger partial charge in [0.15, 0.2) is 11.5 Å². The summed E-state index contributed by atoms with van der Waals surface area (Å²) in [5, 5.41) is 8.74. The van der Waals surface area contributed by atoms with Crippen LogP contribution in [0.4, 0.5) is 5.69 Å². The van der Waals surface area contributed by atoms with E-state index < -0.39 is 10.0 Å². The molecule has 0 unspecified atom stereocenters. The van der Waals surface area contributed by atoms with Gasteiger partial charge in [-0.15, -0.1) is 0 Å². The lowest BCUT2D eigenvalue weighted by Crippen LogP contribution is -2.12. The maximum Gasteiger partial charge on any atom is 0.261 e. The Kier molecular flexibility index (Phi) is 3.31. The Labute approximate surface area is 127 Å². The Morgan fingerprint density at radius 2 is 1.91 bits per heavy atom. The Hall–Kier alpha value is -2.85. The van der Waals surface area contributed by atoms with E-state index in [0.29, 0.717) is 28.2 Å². The molecule has 0 atom stereocenters. The molecule has 3 aromatic rings. The first-order valence-corrected chi connectivity index (χ1v) is 7.86. The lowest BCUT2D eigenvalue weighted by atomic mass is 10.2. The van der Waals surface area contributed by atoms with Crippen LogP contribution in [0.25, 0.3) is 11.1 Å². The van der Waals surface area contributed by atoms with Gasteiger partial charge in [0.05, 0.1) is 22.2 Å². The molecule has 6 nitrogen and oxygen atoms in total. The van der Waals surface area contributed by atoms with Gasteiger partial charge in [-0.2, -0.15) is 5.26 Å². The van der Waals surface area contributed by atoms with Gasteiger partial charge in [0.1, 0.15) is 5.52 Å². The second kappa shape index (κ2) is 5.16. The average Bonchev–Trinajstić information content (AvgIpc) is 2.86. The lowest BCUT2D eigenvalue weighted by Gasteiger charge is -2.07. The maximum absolute atomic E-state index is 12.3. The van der Waals surface area contributed by atoms with Gasteiger partial charge in [0, 0.05) is 6.92 Å². The second-order valence-corrected chi connectivity index (χ2v) is 6.34. The van der Waals surface area contributed by atoms with Crippen LogP contribution in [0, 0.1) is 18.3 Å². The first kappa shape index (κ1) is 14.1. The van der Waals surface area contributed by atoms with E-state index in [9.17, 15) is 8.42 Å². The fraction of sp³-hybridized carbons (Fsp3) is 0.0667. The minimum atomic E-state index is -3.72. The fourth-order valence-electron chi connectivity index (χ4n) is 2.03. The number of aromatic nitrogens is 1. The molecule has 110 valence electrons. The van der Waals surface area contributed by atoms with Crippen molar-refractivity contribution in [1.29, 1.82) is 5.26 Å². The lowest BCUT2D eigenvalue weighted by molar-refractivity contribution is 0.561. The molecular formula is C15H11N3O3S. The van der Waals surface area contributed by atoms with E-state index in [1.807, 2.05) is 6.07 Å². The van der Waals surface area contributed by atoms with Crippen molar-refractivity contribution < 1.29 is 12.8 Å². The highest BCUT2D eigenvalue weighted by atomic mass is 32.2. The fourth-order valence-corrected chi connectivity index (χ4v) is 3.08. The number of fused-ring (bicyclic) bond motifs is 1. The molecule has 1 aromatic heterocycles. The van der Waals surface area contributed by atoms with Crippen LogP contribution in [0.15, 0.2) is 51.8 Å². The number of hydrogen-bond acceptors (Lipinski definition) is 5. The quantitative estimate of drug-likeness (QED) is 0.802. The summed E-state index contributed by atoms with van der Waals surface area (Å²) in [5.41, 5.74) is 1.97. The number of hydrogen-bond donors (Lipinski definition) is 1. The summed E-state index contributed by atoms with van der Waals surface area (Å²) in [4.78, 5) is 4.25. The molecule has 22 heavy (non-hydrogen) atoms. The molecule has 0 bridgehead atoms. The maximum atomic E-state index is 12.3. The summed E-state index contributed by atoms with van der Waals surface area (Å²) in [6, 6.07) is 12.5. The SMILES string of the molecule is Cc1nc2cc(NS(=O)(=O)c3ccc(C#N)cc3)ccc2o1. The van der Waals surface area contributed by atoms with Gasteiger partial charge in [0.2, 0.25) is 0 Å². The monoisotopic (exact) mass is 313 g/mol. The van der Waals surface area contributed by atoms with E-state index >= 15 is 0 Å². The van der Waals surface area contributed by atoms with E-state index in [2.05, 4.69) is 9.71 Å². The van der Waals surface area contributed by atoms with E-state index in [1.165, 1.54) is 24.3 Å². The predicted octanol–water partition coefficient (Wildman–Crippen LogP) is 2.81. The highest BCUT2D eigenvalue weighted by Gasteiger charge is 2.15. The molecule has 1 heterocycles. The summed E-state index contributed by atoms with van der Waals surface area (Å²) in [6.07, 6.45) is 0. The third kappa shape index (κ3) is 2.64. The standard InChI is InChI=1S/C15H11N3O3S/c1-10-17-14-8-12(4-7-15(14)21-10)18-22(19,20)13-5-2-11(9-16)3-6-13/h2-8,18H,1H3. The Bertz CT molecular complexity index is 983. The van der Waals surface area contributed by atoms with Crippen molar-refractivity contribution in [2.45, 2.75) is 11.8 Å². The van der Waals surface area contributed by atoms with Crippen molar-refractivity contribution in [2.24, 2.45) is 0 Å². The molecule has 0 radical (unpaired) electrons. The number of nitriles is 1. The molecule has 7 heteroatoms. The van der Waals surface area contributed by atoms with Crippen molar-refractivity contribution in [3.63, 3.8) is 0 Å². The highest BCUT2D eigenvalue weighted by molar-refractivity contribution is 7.92. The zero-order chi connectivity index (χ0) is 15.7. The second-order valence-electron chi connectivity index (χ2n) is 4.66. The number of nitrogens with one attached hydrogen (secondary N) is 1. The minimum absolute atomic E-state index is 0.0860. The Balaban J connectivity index is 1.93. The number of benzene rings is 2. The molecule has 0 fully saturated rings. The van der Waals surface area contributed by atoms with Crippen LogP contribution in [0.3, 0.4) is 0 Å². The van der Waals surface area contributed by atoms with Gasteiger partial charge in [-0.05, 0) is 42.5 Å². The number of nitrogens with zero attached hydrogens (tertiary/aromatic N) is 2. The van der Waals surface area contributed by atoms with Crippen LogP contribution in [0.2, 0.25) is 0 Å². The zero-order valence-corrected chi connectivity index (χ0v) is 12.4. The van der Waals surface area contributed by atoms with E-state index in [0.717, 1.165) is 0 Å². The molecule has 0 saturated carbocycles. The molecule has 2 aromatic carbocycles. The van der Waals surface area contributed by atoms with Gasteiger partial charge in [-0.3, -0.25) is 4.72 Å². The number of rotatable bonds is 3. The predicted molar refractivity (Wildman–Crippen MR) is 80.7 cm³/mol. The third-order valence-corrected chi connectivity index (χ3v) is 4.44. The first-order chi connectivity index (χ1) is 10.5. The normalized spacial score (nSPS) is 11.3. The average molecular weight is 313 g/mol.